The molecular weight excluding hydrogens is 160 g/mol. The van der Waals surface area contributed by atoms with Crippen LogP contribution in [0.15, 0.2) is 12.7 Å². The number of hydrogen-bond acceptors (Lipinski definition) is 4. The van der Waals surface area contributed by atoms with Gasteiger partial charge in [-0.2, -0.15) is 0 Å². The number of hydrogen-bond donors (Lipinski definition) is 2. The third kappa shape index (κ3) is 5.01. The van der Waals surface area contributed by atoms with Crippen LogP contribution in [0, 0.1) is 0 Å². The Morgan fingerprint density at radius 1 is 1.58 bits per heavy atom. The summed E-state index contributed by atoms with van der Waals surface area (Å²) in [6, 6.07) is 0. The van der Waals surface area contributed by atoms with Crippen molar-refractivity contribution in [2.45, 2.75) is 18.6 Å². The molecule has 2 N–H and O–H groups in total. The Kier molecular flexibility index (Phi) is 6.55. The van der Waals surface area contributed by atoms with E-state index < -0.39 is 12.2 Å². The zero-order valence-electron chi connectivity index (χ0n) is 6.85. The summed E-state index contributed by atoms with van der Waals surface area (Å²) < 4.78 is 4.94. The highest BCUT2D eigenvalue weighted by atomic mass is 16.5. The summed E-state index contributed by atoms with van der Waals surface area (Å²) in [4.78, 5) is 10.3. The van der Waals surface area contributed by atoms with Gasteiger partial charge >= 0.3 is 0 Å². The lowest BCUT2D eigenvalue weighted by molar-refractivity contribution is -0.120. The summed E-state index contributed by atoms with van der Waals surface area (Å²) in [7, 11) is 0. The summed E-state index contributed by atoms with van der Waals surface area (Å²) in [6.45, 7) is 3.05. The number of carbonyl (C=O) groups excluding carboxylic acids is 1. The molecule has 0 aliphatic carbocycles. The van der Waals surface area contributed by atoms with E-state index in [-0.39, 0.29) is 13.2 Å². The van der Waals surface area contributed by atoms with Gasteiger partial charge in [0.15, 0.2) is 0 Å². The molecule has 0 aromatic carbocycles. The number of rotatable bonds is 7. The SMILES string of the molecule is C=CCC(C=O)OCC(O)CO. The molecule has 0 bridgehead atoms. The number of aldehydes is 1. The molecule has 4 heteroatoms. The van der Waals surface area contributed by atoms with Gasteiger partial charge in [0.05, 0.1) is 13.2 Å². The molecule has 0 aliphatic rings. The van der Waals surface area contributed by atoms with Crippen LogP contribution in [0.25, 0.3) is 0 Å². The molecule has 0 heterocycles. The average Bonchev–Trinajstić information content (AvgIpc) is 2.11. The van der Waals surface area contributed by atoms with Gasteiger partial charge in [0.2, 0.25) is 0 Å². The summed E-state index contributed by atoms with van der Waals surface area (Å²) >= 11 is 0. The molecule has 4 nitrogen and oxygen atoms in total. The van der Waals surface area contributed by atoms with E-state index in [9.17, 15) is 4.79 Å². The van der Waals surface area contributed by atoms with E-state index in [2.05, 4.69) is 6.58 Å². The number of aliphatic hydroxyl groups excluding tert-OH is 2. The topological polar surface area (TPSA) is 66.8 Å². The minimum absolute atomic E-state index is 0.0340. The van der Waals surface area contributed by atoms with Gasteiger partial charge in [0.25, 0.3) is 0 Å². The first kappa shape index (κ1) is 11.3. The van der Waals surface area contributed by atoms with Crippen molar-refractivity contribution in [1.29, 1.82) is 0 Å². The van der Waals surface area contributed by atoms with Crippen molar-refractivity contribution >= 4 is 6.29 Å². The third-order valence-electron chi connectivity index (χ3n) is 1.26. The highest BCUT2D eigenvalue weighted by molar-refractivity contribution is 5.56. The minimum atomic E-state index is -0.919. The van der Waals surface area contributed by atoms with Crippen LogP contribution in [0.1, 0.15) is 6.42 Å². The Morgan fingerprint density at radius 3 is 2.67 bits per heavy atom. The molecule has 0 fully saturated rings. The minimum Gasteiger partial charge on any atom is -0.394 e. The Bertz CT molecular complexity index is 135. The molecule has 0 aliphatic heterocycles. The second-order valence-electron chi connectivity index (χ2n) is 2.37. The second-order valence-corrected chi connectivity index (χ2v) is 2.37. The molecular formula is C8H14O4. The maximum Gasteiger partial charge on any atom is 0.149 e. The van der Waals surface area contributed by atoms with E-state index in [0.29, 0.717) is 12.7 Å². The van der Waals surface area contributed by atoms with E-state index in [4.69, 9.17) is 14.9 Å². The van der Waals surface area contributed by atoms with Gasteiger partial charge < -0.3 is 19.7 Å². The molecule has 0 aromatic heterocycles. The zero-order valence-corrected chi connectivity index (χ0v) is 6.85. The Balaban J connectivity index is 3.56. The molecule has 0 saturated carbocycles. The first-order valence-corrected chi connectivity index (χ1v) is 3.71. The molecule has 0 saturated heterocycles. The first-order chi connectivity index (χ1) is 5.74. The third-order valence-corrected chi connectivity index (χ3v) is 1.26. The van der Waals surface area contributed by atoms with Gasteiger partial charge in [0.1, 0.15) is 18.5 Å². The van der Waals surface area contributed by atoms with Crippen molar-refractivity contribution in [1.82, 2.24) is 0 Å². The fourth-order valence-corrected chi connectivity index (χ4v) is 0.615. The van der Waals surface area contributed by atoms with E-state index in [0.717, 1.165) is 0 Å². The van der Waals surface area contributed by atoms with Crippen LogP contribution < -0.4 is 0 Å². The Hall–Kier alpha value is -0.710. The smallest absolute Gasteiger partial charge is 0.149 e. The lowest BCUT2D eigenvalue weighted by Crippen LogP contribution is -2.24. The highest BCUT2D eigenvalue weighted by Gasteiger charge is 2.08. The molecule has 2 unspecified atom stereocenters. The van der Waals surface area contributed by atoms with Crippen molar-refractivity contribution < 1.29 is 19.7 Å². The van der Waals surface area contributed by atoms with Crippen molar-refractivity contribution in [3.05, 3.63) is 12.7 Å². The monoisotopic (exact) mass is 174 g/mol. The summed E-state index contributed by atoms with van der Waals surface area (Å²) in [6.07, 6.45) is 1.14. The predicted molar refractivity (Wildman–Crippen MR) is 43.7 cm³/mol. The van der Waals surface area contributed by atoms with Crippen LogP contribution in [-0.2, 0) is 9.53 Å². The quantitative estimate of drug-likeness (QED) is 0.403. The van der Waals surface area contributed by atoms with E-state index in [1.807, 2.05) is 0 Å². The molecule has 0 aromatic rings. The van der Waals surface area contributed by atoms with Crippen LogP contribution in [0.4, 0.5) is 0 Å². The number of carbonyl (C=O) groups is 1. The van der Waals surface area contributed by atoms with Gasteiger partial charge in [-0.15, -0.1) is 6.58 Å². The van der Waals surface area contributed by atoms with Gasteiger partial charge in [-0.3, -0.25) is 0 Å². The zero-order chi connectivity index (χ0) is 9.40. The van der Waals surface area contributed by atoms with Gasteiger partial charge in [0, 0.05) is 0 Å². The first-order valence-electron chi connectivity index (χ1n) is 3.71. The van der Waals surface area contributed by atoms with Gasteiger partial charge in [-0.1, -0.05) is 6.08 Å². The fraction of sp³-hybridized carbons (Fsp3) is 0.625. The normalized spacial score (nSPS) is 15.2. The van der Waals surface area contributed by atoms with Gasteiger partial charge in [-0.25, -0.2) is 0 Å². The standard InChI is InChI=1S/C8H14O4/c1-2-3-8(5-10)12-6-7(11)4-9/h2,5,7-9,11H,1,3-4,6H2. The van der Waals surface area contributed by atoms with E-state index >= 15 is 0 Å². The highest BCUT2D eigenvalue weighted by Crippen LogP contribution is 1.96. The Morgan fingerprint density at radius 2 is 2.25 bits per heavy atom. The lowest BCUT2D eigenvalue weighted by atomic mass is 10.3. The molecule has 0 radical (unpaired) electrons. The molecule has 12 heavy (non-hydrogen) atoms. The van der Waals surface area contributed by atoms with Crippen LogP contribution in [0.5, 0.6) is 0 Å². The van der Waals surface area contributed by atoms with Crippen LogP contribution >= 0.6 is 0 Å². The van der Waals surface area contributed by atoms with Crippen LogP contribution in [0.3, 0.4) is 0 Å². The number of ether oxygens (including phenoxy) is 1. The Labute approximate surface area is 71.5 Å². The predicted octanol–water partition coefficient (Wildman–Crippen LogP) is -0.500. The summed E-state index contributed by atoms with van der Waals surface area (Å²) in [5.41, 5.74) is 0. The van der Waals surface area contributed by atoms with Crippen LogP contribution in [0.2, 0.25) is 0 Å². The molecule has 0 amide bonds. The molecule has 0 spiro atoms. The lowest BCUT2D eigenvalue weighted by Gasteiger charge is -2.12. The maximum atomic E-state index is 10.3. The largest absolute Gasteiger partial charge is 0.394 e. The van der Waals surface area contributed by atoms with Crippen molar-refractivity contribution in [2.75, 3.05) is 13.2 Å². The molecule has 70 valence electrons. The molecule has 0 rings (SSSR count). The summed E-state index contributed by atoms with van der Waals surface area (Å²) in [5, 5.41) is 17.3. The van der Waals surface area contributed by atoms with E-state index in [1.165, 1.54) is 0 Å². The van der Waals surface area contributed by atoms with Crippen molar-refractivity contribution in [3.8, 4) is 0 Å². The summed E-state index contributed by atoms with van der Waals surface area (Å²) in [5.74, 6) is 0. The maximum absolute atomic E-state index is 10.3. The number of aliphatic hydroxyl groups is 2. The molecule has 2 atom stereocenters. The van der Waals surface area contributed by atoms with Crippen molar-refractivity contribution in [2.24, 2.45) is 0 Å². The fourth-order valence-electron chi connectivity index (χ4n) is 0.615. The second kappa shape index (κ2) is 6.97. The van der Waals surface area contributed by atoms with Crippen molar-refractivity contribution in [3.63, 3.8) is 0 Å². The van der Waals surface area contributed by atoms with Gasteiger partial charge in [-0.05, 0) is 6.42 Å². The van der Waals surface area contributed by atoms with E-state index in [1.54, 1.807) is 6.08 Å². The average molecular weight is 174 g/mol. The van der Waals surface area contributed by atoms with Crippen LogP contribution in [-0.4, -0.2) is 41.9 Å².